The molecule has 1 saturated heterocycles. The fourth-order valence-corrected chi connectivity index (χ4v) is 14.3. The maximum absolute atomic E-state index is 13.5. The van der Waals surface area contributed by atoms with E-state index in [2.05, 4.69) is 187 Å². The molecular weight excluding hydrogens is 1600 g/mol. The predicted molar refractivity (Wildman–Crippen MR) is 486 cm³/mol. The minimum absolute atomic E-state index is 0.142. The summed E-state index contributed by atoms with van der Waals surface area (Å²) in [6.45, 7) is 28.3. The number of H-pyrrole nitrogens is 5. The summed E-state index contributed by atoms with van der Waals surface area (Å²) < 4.78 is 37.2. The first-order valence-corrected chi connectivity index (χ1v) is 41.6. The molecule has 654 valence electrons. The minimum atomic E-state index is -2.85. The molecule has 0 radical (unpaired) electrons. The number of piperidine rings is 1. The quantitative estimate of drug-likeness (QED) is 0.0400. The van der Waals surface area contributed by atoms with Gasteiger partial charge in [0.05, 0.1) is 108 Å². The number of alkyl halides is 2. The van der Waals surface area contributed by atoms with Crippen LogP contribution in [0.2, 0.25) is 0 Å². The van der Waals surface area contributed by atoms with Crippen molar-refractivity contribution in [1.29, 1.82) is 0 Å². The molecule has 0 amide bonds. The summed E-state index contributed by atoms with van der Waals surface area (Å²) in [5.41, 5.74) is 11.3. The number of hydrogen-bond donors (Lipinski definition) is 12. The molecule has 1 unspecified atom stereocenters. The van der Waals surface area contributed by atoms with Crippen molar-refractivity contribution in [2.24, 2.45) is 0 Å². The van der Waals surface area contributed by atoms with Crippen molar-refractivity contribution in [2.75, 3.05) is 26.7 Å². The summed E-state index contributed by atoms with van der Waals surface area (Å²) in [6.07, 6.45) is 42.1. The van der Waals surface area contributed by atoms with Crippen LogP contribution in [0, 0.1) is 59.2 Å². The molecule has 28 nitrogen and oxygen atoms in total. The topological polar surface area (TPSA) is 377 Å². The third-order valence-electron chi connectivity index (χ3n) is 20.1. The molecule has 1 fully saturated rings. The summed E-state index contributed by atoms with van der Waals surface area (Å²) in [5.74, 6) is 25.7. The Kier molecular flexibility index (Phi) is 28.1. The highest BCUT2D eigenvalue weighted by molar-refractivity contribution is 6.00. The average molecular weight is 1710 g/mol. The van der Waals surface area contributed by atoms with Gasteiger partial charge in [-0.25, -0.2) is 33.7 Å². The molecule has 30 heteroatoms. The molecule has 0 aromatic carbocycles. The van der Waals surface area contributed by atoms with Crippen LogP contribution in [0.5, 0.6) is 0 Å². The van der Waals surface area contributed by atoms with Crippen LogP contribution in [0.3, 0.4) is 0 Å². The van der Waals surface area contributed by atoms with Crippen LogP contribution in [-0.4, -0.2) is 206 Å². The van der Waals surface area contributed by atoms with Crippen LogP contribution in [0.1, 0.15) is 177 Å². The highest BCUT2D eigenvalue weighted by Crippen LogP contribution is 2.39. The van der Waals surface area contributed by atoms with Gasteiger partial charge in [-0.1, -0.05) is 42.9 Å². The number of rotatable bonds is 16. The van der Waals surface area contributed by atoms with E-state index in [1.54, 1.807) is 133 Å². The van der Waals surface area contributed by atoms with E-state index in [1.165, 1.54) is 10.8 Å². The van der Waals surface area contributed by atoms with E-state index in [1.807, 2.05) is 90.8 Å². The van der Waals surface area contributed by atoms with Crippen molar-refractivity contribution >= 4 is 54.5 Å². The van der Waals surface area contributed by atoms with Gasteiger partial charge in [-0.3, -0.25) is 25.5 Å². The second-order valence-corrected chi connectivity index (χ2v) is 35.0. The van der Waals surface area contributed by atoms with Gasteiger partial charge in [-0.05, 0) is 196 Å². The molecular formula is C96H109F2N21O7. The van der Waals surface area contributed by atoms with Crippen LogP contribution in [0.4, 0.5) is 8.78 Å². The Bertz CT molecular complexity index is 6390. The van der Waals surface area contributed by atoms with Gasteiger partial charge in [0, 0.05) is 177 Å². The largest absolute Gasteiger partial charge is 0.396 e. The zero-order chi connectivity index (χ0) is 90.7. The van der Waals surface area contributed by atoms with Crippen LogP contribution >= 0.6 is 0 Å². The van der Waals surface area contributed by atoms with Crippen LogP contribution in [0.25, 0.3) is 110 Å². The lowest BCUT2D eigenvalue weighted by Gasteiger charge is -2.30. The summed E-state index contributed by atoms with van der Waals surface area (Å²) >= 11 is 0. The van der Waals surface area contributed by atoms with Gasteiger partial charge in [-0.15, -0.1) is 0 Å². The standard InChI is InChI=1S/C21H25N5O.C20H24N4O.C19H22N4O2.C18H18F2N4O.C18H20N4O2/c1-21(2,27)7-4-16-10-18-19(15-11-23-24-12-15)14-26(20(18)13-22-16)17-5-8-25(3)9-6-17;1-5-6-14(2)24-13-18(15-10-22-23-11-15)17-9-16(21-12-19(17)24)7-8-20(3,4)25;1-18(2,24)6-5-14-7-15-16(13-8-21-22-9-13)11-23(12-19(3,4)25)17(15)10-20-14;1-17(2,25)5-4-13-6-14-15(12-7-22-23-8-12)10-24(11-18(3,19)20)16(14)9-21-13;1-18(2,24)5-4-14-8-15-16(13-9-20-21-10-13)12-22(6-3-7-23)17(15)11-19-14/h10-14,17,27H,5-6,8-9H2,1-3H3,(H,23,24);9-14,25H,5-6H2,1-4H3,(H,22,23);7-11,24-25H,12H2,1-4H3,(H,21,22);6-10,25H,11H2,1-3H3,(H,22,23);8-12,23-24H,3,6-7H2,1-2H3,(H,20,21). The maximum Gasteiger partial charge on any atom is 0.262 e. The fraction of sp³-hybridized carbons (Fsp3) is 0.375. The van der Waals surface area contributed by atoms with Crippen molar-refractivity contribution in [1.82, 2.24) is 104 Å². The number of aryl methyl sites for hydroxylation is 1. The molecule has 0 aliphatic carbocycles. The number of nitrogens with one attached hydrogen (secondary N) is 5. The van der Waals surface area contributed by atoms with E-state index < -0.39 is 46.1 Å². The highest BCUT2D eigenvalue weighted by Gasteiger charge is 2.27. The Morgan fingerprint density at radius 2 is 0.714 bits per heavy atom. The van der Waals surface area contributed by atoms with Crippen LogP contribution < -0.4 is 0 Å². The summed E-state index contributed by atoms with van der Waals surface area (Å²) in [7, 11) is 2.18. The van der Waals surface area contributed by atoms with Gasteiger partial charge < -0.3 is 63.5 Å². The summed E-state index contributed by atoms with van der Waals surface area (Å²) in [5, 5.41) is 108. The van der Waals surface area contributed by atoms with Crippen molar-refractivity contribution in [2.45, 2.75) is 207 Å². The molecule has 126 heavy (non-hydrogen) atoms. The summed E-state index contributed by atoms with van der Waals surface area (Å²) in [4.78, 5) is 24.4. The molecule has 0 spiro atoms. The van der Waals surface area contributed by atoms with Gasteiger partial charge >= 0.3 is 0 Å². The molecule has 1 aliphatic rings. The zero-order valence-electron chi connectivity index (χ0n) is 73.9. The number of aliphatic hydroxyl groups excluding tert-OH is 1. The first-order chi connectivity index (χ1) is 59.5. The smallest absolute Gasteiger partial charge is 0.262 e. The van der Waals surface area contributed by atoms with Gasteiger partial charge in [0.1, 0.15) is 56.5 Å². The number of aromatic amines is 5. The first kappa shape index (κ1) is 92.0. The zero-order valence-corrected chi connectivity index (χ0v) is 73.9. The van der Waals surface area contributed by atoms with E-state index in [0.29, 0.717) is 65.6 Å². The molecule has 16 rings (SSSR count). The molecule has 15 aromatic rings. The van der Waals surface area contributed by atoms with E-state index in [-0.39, 0.29) is 6.61 Å². The number of halogens is 2. The van der Waals surface area contributed by atoms with Crippen LogP contribution in [0.15, 0.2) is 154 Å². The Labute approximate surface area is 730 Å². The van der Waals surface area contributed by atoms with Crippen molar-refractivity contribution < 1.29 is 44.5 Å². The maximum atomic E-state index is 13.5. The monoisotopic (exact) mass is 1710 g/mol. The lowest BCUT2D eigenvalue weighted by Crippen LogP contribution is -2.31. The van der Waals surface area contributed by atoms with E-state index in [0.717, 1.165) is 150 Å². The number of aliphatic hydroxyl groups is 7. The number of fused-ring (bicyclic) bond motifs is 5. The van der Waals surface area contributed by atoms with Crippen molar-refractivity contribution in [3.05, 3.63) is 183 Å². The van der Waals surface area contributed by atoms with Crippen LogP contribution in [-0.2, 0) is 19.6 Å². The van der Waals surface area contributed by atoms with Gasteiger partial charge in [-0.2, -0.15) is 25.5 Å². The Morgan fingerprint density at radius 1 is 0.413 bits per heavy atom. The first-order valence-electron chi connectivity index (χ1n) is 41.6. The third kappa shape index (κ3) is 24.9. The normalized spacial score (nSPS) is 13.1. The van der Waals surface area contributed by atoms with Gasteiger partial charge in [0.15, 0.2) is 0 Å². The van der Waals surface area contributed by atoms with E-state index in [9.17, 15) is 39.4 Å². The molecule has 1 atom stereocenters. The molecule has 15 aromatic heterocycles. The number of likely N-dealkylation sites (tertiary alicyclic amines) is 1. The molecule has 1 aliphatic heterocycles. The number of pyridine rings is 5. The fourth-order valence-electron chi connectivity index (χ4n) is 14.3. The van der Waals surface area contributed by atoms with Crippen molar-refractivity contribution in [3.8, 4) is 115 Å². The van der Waals surface area contributed by atoms with Crippen molar-refractivity contribution in [3.63, 3.8) is 0 Å². The third-order valence-corrected chi connectivity index (χ3v) is 20.1. The number of hydrogen-bond acceptors (Lipinski definition) is 18. The molecule has 0 bridgehead atoms. The lowest BCUT2D eigenvalue weighted by atomic mass is 10.1. The molecule has 12 N–H and O–H groups in total. The SMILES string of the molecule is CC(C)(O)C#Cc1cc2c(-c3cn[nH]c3)cn(CC(C)(C)O)c2cn1.CC(C)(O)C#Cc1cc2c(-c3cn[nH]c3)cn(CC(C)(F)F)c2cn1.CC(C)(O)C#Cc1cc2c(-c3cn[nH]c3)cn(CCCO)c2cn1.CCCC(C)n1cc(-c2cn[nH]c2)c2cc(C#CC(C)(C)O)ncc21.CN1CCC(n2cc(-c3cn[nH]c3)c3cc(C#CC(C)(C)O)ncc32)CC1. The average Bonchev–Trinajstić information content (AvgIpc) is 1.63. The van der Waals surface area contributed by atoms with E-state index in [4.69, 9.17) is 5.11 Å². The summed E-state index contributed by atoms with van der Waals surface area (Å²) in [6, 6.07) is 10.4. The van der Waals surface area contributed by atoms with Gasteiger partial charge in [0.25, 0.3) is 5.92 Å². The highest BCUT2D eigenvalue weighted by atomic mass is 19.3. The predicted octanol–water partition coefficient (Wildman–Crippen LogP) is 14.2. The lowest BCUT2D eigenvalue weighted by molar-refractivity contribution is 0.00508. The molecule has 0 saturated carbocycles. The Hall–Kier alpha value is -13.2. The number of nitrogens with zero attached hydrogens (tertiary/aromatic N) is 16. The Morgan fingerprint density at radius 3 is 1.03 bits per heavy atom. The number of aromatic nitrogens is 20. The second kappa shape index (κ2) is 38.5. The Balaban J connectivity index is 0.000000143. The molecule has 16 heterocycles. The van der Waals surface area contributed by atoms with Gasteiger partial charge in [0.2, 0.25) is 0 Å². The van der Waals surface area contributed by atoms with E-state index >= 15 is 0 Å². The minimum Gasteiger partial charge on any atom is -0.396 e. The second-order valence-electron chi connectivity index (χ2n) is 35.0.